The number of hydrogen-bond acceptors (Lipinski definition) is 4. The average molecular weight is 344 g/mol. The third-order valence-electron chi connectivity index (χ3n) is 4.37. The van der Waals surface area contributed by atoms with E-state index in [9.17, 15) is 4.79 Å². The molecular formula is C19H24N2O2S. The van der Waals surface area contributed by atoms with Crippen molar-refractivity contribution >= 4 is 17.2 Å². The summed E-state index contributed by atoms with van der Waals surface area (Å²) in [6.07, 6.45) is 0.898. The molecule has 2 heterocycles. The highest BCUT2D eigenvalue weighted by Gasteiger charge is 2.18. The first-order valence-electron chi connectivity index (χ1n) is 8.37. The number of hydrogen-bond donors (Lipinski definition) is 2. The molecule has 1 aromatic heterocycles. The quantitative estimate of drug-likeness (QED) is 0.874. The number of rotatable bonds is 5. The van der Waals surface area contributed by atoms with Crippen LogP contribution in [-0.2, 0) is 17.8 Å². The molecule has 2 aromatic rings. The van der Waals surface area contributed by atoms with E-state index in [-0.39, 0.29) is 11.9 Å². The average Bonchev–Trinajstić information content (AvgIpc) is 3.03. The van der Waals surface area contributed by atoms with Crippen molar-refractivity contribution in [3.8, 4) is 0 Å². The molecule has 24 heavy (non-hydrogen) atoms. The van der Waals surface area contributed by atoms with Gasteiger partial charge >= 0.3 is 0 Å². The summed E-state index contributed by atoms with van der Waals surface area (Å²) in [5.41, 5.74) is 9.69. The molecular weight excluding hydrogens is 320 g/mol. The van der Waals surface area contributed by atoms with Crippen LogP contribution in [0.2, 0.25) is 0 Å². The molecule has 0 fully saturated rings. The Labute approximate surface area is 147 Å². The van der Waals surface area contributed by atoms with Crippen LogP contribution >= 0.6 is 11.3 Å². The van der Waals surface area contributed by atoms with Crippen LogP contribution in [0.4, 0.5) is 0 Å². The minimum absolute atomic E-state index is 0.0522. The van der Waals surface area contributed by atoms with E-state index in [1.54, 1.807) is 11.3 Å². The summed E-state index contributed by atoms with van der Waals surface area (Å²) in [5, 5.41) is 2.95. The maximum Gasteiger partial charge on any atom is 0.261 e. The normalized spacial score (nSPS) is 15.2. The Hall–Kier alpha value is -1.69. The van der Waals surface area contributed by atoms with Crippen molar-refractivity contribution in [3.63, 3.8) is 0 Å². The first-order valence-corrected chi connectivity index (χ1v) is 9.19. The summed E-state index contributed by atoms with van der Waals surface area (Å²) in [6.45, 7) is 6.12. The highest BCUT2D eigenvalue weighted by atomic mass is 32.1. The van der Waals surface area contributed by atoms with Crippen molar-refractivity contribution in [1.29, 1.82) is 0 Å². The lowest BCUT2D eigenvalue weighted by atomic mass is 9.99. The van der Waals surface area contributed by atoms with Crippen molar-refractivity contribution < 1.29 is 9.53 Å². The topological polar surface area (TPSA) is 64.3 Å². The second-order valence-corrected chi connectivity index (χ2v) is 7.64. The van der Waals surface area contributed by atoms with Crippen LogP contribution in [0.1, 0.15) is 57.0 Å². The highest BCUT2D eigenvalue weighted by molar-refractivity contribution is 7.14. The molecule has 0 saturated heterocycles. The van der Waals surface area contributed by atoms with Crippen LogP contribution in [0.15, 0.2) is 30.3 Å². The molecule has 3 rings (SSSR count). The number of thiophene rings is 1. The number of benzene rings is 1. The maximum atomic E-state index is 12.3. The lowest BCUT2D eigenvalue weighted by Crippen LogP contribution is -2.31. The molecule has 0 saturated carbocycles. The number of carbonyl (C=O) groups excluding carboxylic acids is 1. The van der Waals surface area contributed by atoms with Gasteiger partial charge in [-0.1, -0.05) is 38.1 Å². The molecule has 4 nitrogen and oxygen atoms in total. The van der Waals surface area contributed by atoms with Gasteiger partial charge in [-0.15, -0.1) is 11.3 Å². The first-order chi connectivity index (χ1) is 11.5. The number of fused-ring (bicyclic) bond motifs is 1. The van der Waals surface area contributed by atoms with Gasteiger partial charge in [-0.2, -0.15) is 0 Å². The van der Waals surface area contributed by atoms with E-state index in [1.165, 1.54) is 10.4 Å². The van der Waals surface area contributed by atoms with Gasteiger partial charge in [0, 0.05) is 23.9 Å². The molecule has 1 amide bonds. The Balaban J connectivity index is 1.58. The second kappa shape index (κ2) is 7.47. The predicted octanol–water partition coefficient (Wildman–Crippen LogP) is 3.37. The molecule has 0 aliphatic carbocycles. The van der Waals surface area contributed by atoms with E-state index in [1.807, 2.05) is 18.2 Å². The fourth-order valence-electron chi connectivity index (χ4n) is 2.79. The molecule has 0 spiro atoms. The summed E-state index contributed by atoms with van der Waals surface area (Å²) in [6, 6.07) is 10.1. The summed E-state index contributed by atoms with van der Waals surface area (Å²) < 4.78 is 5.43. The van der Waals surface area contributed by atoms with Crippen molar-refractivity contribution in [2.45, 2.75) is 38.8 Å². The zero-order chi connectivity index (χ0) is 17.1. The van der Waals surface area contributed by atoms with E-state index in [4.69, 9.17) is 10.5 Å². The lowest BCUT2D eigenvalue weighted by molar-refractivity contribution is 0.0954. The zero-order valence-corrected chi connectivity index (χ0v) is 15.0. The van der Waals surface area contributed by atoms with Crippen LogP contribution in [0.25, 0.3) is 0 Å². The number of amides is 1. The molecule has 0 bridgehead atoms. The minimum Gasteiger partial charge on any atom is -0.376 e. The predicted molar refractivity (Wildman–Crippen MR) is 97.5 cm³/mol. The van der Waals surface area contributed by atoms with E-state index >= 15 is 0 Å². The number of nitrogens with one attached hydrogen (secondary N) is 1. The molecule has 3 N–H and O–H groups in total. The van der Waals surface area contributed by atoms with Gasteiger partial charge in [-0.05, 0) is 28.7 Å². The number of carbonyl (C=O) groups is 1. The smallest absolute Gasteiger partial charge is 0.261 e. The molecule has 0 radical (unpaired) electrons. The van der Waals surface area contributed by atoms with Crippen molar-refractivity contribution in [1.82, 2.24) is 5.32 Å². The molecule has 0 unspecified atom stereocenters. The lowest BCUT2D eigenvalue weighted by Gasteiger charge is -2.14. The summed E-state index contributed by atoms with van der Waals surface area (Å²) >= 11 is 1.56. The SMILES string of the molecule is CC(C)c1ccc([C@@H](N)CNC(=O)c2cc3c(s2)CCOC3)cc1. The Morgan fingerprint density at radius 3 is 2.67 bits per heavy atom. The van der Waals surface area contributed by atoms with E-state index in [0.29, 0.717) is 19.1 Å². The van der Waals surface area contributed by atoms with Crippen LogP contribution < -0.4 is 11.1 Å². The monoisotopic (exact) mass is 344 g/mol. The maximum absolute atomic E-state index is 12.3. The standard InChI is InChI=1S/C19H24N2O2S/c1-12(2)13-3-5-14(6-4-13)16(20)10-21-19(22)18-9-15-11-23-8-7-17(15)24-18/h3-6,9,12,16H,7-8,10-11,20H2,1-2H3,(H,21,22)/t16-/m0/s1. The van der Waals surface area contributed by atoms with Gasteiger partial charge in [0.1, 0.15) is 0 Å². The van der Waals surface area contributed by atoms with Gasteiger partial charge in [0.05, 0.1) is 18.1 Å². The van der Waals surface area contributed by atoms with Crippen LogP contribution in [0.5, 0.6) is 0 Å². The van der Waals surface area contributed by atoms with Gasteiger partial charge in [0.25, 0.3) is 5.91 Å². The summed E-state index contributed by atoms with van der Waals surface area (Å²) in [5.74, 6) is 0.451. The molecule has 1 atom stereocenters. The van der Waals surface area contributed by atoms with Gasteiger partial charge in [-0.25, -0.2) is 0 Å². The van der Waals surface area contributed by atoms with E-state index in [2.05, 4.69) is 31.3 Å². The Kier molecular flexibility index (Phi) is 5.33. The highest BCUT2D eigenvalue weighted by Crippen LogP contribution is 2.27. The first kappa shape index (κ1) is 17.1. The Morgan fingerprint density at radius 2 is 2.00 bits per heavy atom. The molecule has 1 aromatic carbocycles. The summed E-state index contributed by atoms with van der Waals surface area (Å²) in [7, 11) is 0. The van der Waals surface area contributed by atoms with Gasteiger partial charge in [0.2, 0.25) is 0 Å². The largest absolute Gasteiger partial charge is 0.376 e. The summed E-state index contributed by atoms with van der Waals surface area (Å²) in [4.78, 5) is 14.4. The van der Waals surface area contributed by atoms with Gasteiger partial charge < -0.3 is 15.8 Å². The molecule has 1 aliphatic heterocycles. The van der Waals surface area contributed by atoms with Crippen molar-refractivity contribution in [2.24, 2.45) is 5.73 Å². The fourth-order valence-corrected chi connectivity index (χ4v) is 3.86. The molecule has 128 valence electrons. The Bertz CT molecular complexity index is 683. The van der Waals surface area contributed by atoms with Crippen LogP contribution in [0.3, 0.4) is 0 Å². The van der Waals surface area contributed by atoms with Crippen LogP contribution in [-0.4, -0.2) is 19.1 Å². The van der Waals surface area contributed by atoms with E-state index in [0.717, 1.165) is 29.0 Å². The molecule has 1 aliphatic rings. The van der Waals surface area contributed by atoms with Gasteiger partial charge in [0.15, 0.2) is 0 Å². The number of nitrogens with two attached hydrogens (primary N) is 1. The van der Waals surface area contributed by atoms with Crippen molar-refractivity contribution in [2.75, 3.05) is 13.2 Å². The Morgan fingerprint density at radius 1 is 1.29 bits per heavy atom. The zero-order valence-electron chi connectivity index (χ0n) is 14.2. The minimum atomic E-state index is -0.201. The number of ether oxygens (including phenoxy) is 1. The van der Waals surface area contributed by atoms with Crippen molar-refractivity contribution in [3.05, 3.63) is 56.8 Å². The van der Waals surface area contributed by atoms with Crippen LogP contribution in [0, 0.1) is 0 Å². The van der Waals surface area contributed by atoms with E-state index < -0.39 is 0 Å². The molecule has 5 heteroatoms. The third-order valence-corrected chi connectivity index (χ3v) is 5.60. The third kappa shape index (κ3) is 3.86. The second-order valence-electron chi connectivity index (χ2n) is 6.50. The van der Waals surface area contributed by atoms with Gasteiger partial charge in [-0.3, -0.25) is 4.79 Å². The fraction of sp³-hybridized carbons (Fsp3) is 0.421.